The Morgan fingerprint density at radius 2 is 1.97 bits per heavy atom. The zero-order chi connectivity index (χ0) is 22.0. The molecule has 1 atom stereocenters. The van der Waals surface area contributed by atoms with Gasteiger partial charge < -0.3 is 24.3 Å². The molecule has 1 unspecified atom stereocenters. The molecule has 0 bridgehead atoms. The number of hydrogen-bond acceptors (Lipinski definition) is 6. The summed E-state index contributed by atoms with van der Waals surface area (Å²) in [5.41, 5.74) is 1.07. The van der Waals surface area contributed by atoms with Crippen LogP contribution in [0, 0.1) is 5.82 Å². The number of fused-ring (bicyclic) bond motifs is 1. The molecule has 8 nitrogen and oxygen atoms in total. The van der Waals surface area contributed by atoms with Crippen molar-refractivity contribution in [2.75, 3.05) is 32.0 Å². The third kappa shape index (κ3) is 3.91. The molecule has 0 fully saturated rings. The smallest absolute Gasteiger partial charge is 0.338 e. The number of anilines is 1. The number of nitrogens with one attached hydrogen (secondary N) is 1. The number of ether oxygens (including phenoxy) is 4. The lowest BCUT2D eigenvalue weighted by molar-refractivity contribution is -0.140. The van der Waals surface area contributed by atoms with Crippen molar-refractivity contribution in [1.82, 2.24) is 5.32 Å². The molecule has 0 spiro atoms. The minimum absolute atomic E-state index is 0.0219. The fourth-order valence-electron chi connectivity index (χ4n) is 3.58. The number of amides is 2. The summed E-state index contributed by atoms with van der Waals surface area (Å²) in [6.07, 6.45) is 0. The van der Waals surface area contributed by atoms with Crippen molar-refractivity contribution in [2.45, 2.75) is 13.0 Å². The molecule has 2 aromatic rings. The van der Waals surface area contributed by atoms with Gasteiger partial charge in [0.1, 0.15) is 12.4 Å². The second-order valence-corrected chi connectivity index (χ2v) is 6.90. The Kier molecular flexibility index (Phi) is 5.77. The van der Waals surface area contributed by atoms with Gasteiger partial charge in [0.05, 0.1) is 23.9 Å². The van der Waals surface area contributed by atoms with Gasteiger partial charge in [-0.15, -0.1) is 0 Å². The average Bonchev–Trinajstić information content (AvgIpc) is 3.22. The van der Waals surface area contributed by atoms with Gasteiger partial charge in [0.25, 0.3) is 0 Å². The van der Waals surface area contributed by atoms with Crippen LogP contribution in [0.2, 0.25) is 0 Å². The normalized spacial score (nSPS) is 17.6. The minimum atomic E-state index is -1.01. The molecule has 0 saturated heterocycles. The Balaban J connectivity index is 1.78. The number of carbonyl (C=O) groups is 2. The van der Waals surface area contributed by atoms with Gasteiger partial charge in [-0.2, -0.15) is 0 Å². The van der Waals surface area contributed by atoms with E-state index in [1.165, 1.54) is 30.2 Å². The summed E-state index contributed by atoms with van der Waals surface area (Å²) in [5.74, 6) is -0.169. The SMILES string of the molecule is COCCOC(=O)C1=C(C)N(c2ccc3c(c2)OCO3)C(=O)NC1c1ccccc1F. The van der Waals surface area contributed by atoms with Crippen LogP contribution in [0.5, 0.6) is 11.5 Å². The third-order valence-electron chi connectivity index (χ3n) is 5.06. The topological polar surface area (TPSA) is 86.3 Å². The first-order valence-corrected chi connectivity index (χ1v) is 9.62. The predicted molar refractivity (Wildman–Crippen MR) is 108 cm³/mol. The summed E-state index contributed by atoms with van der Waals surface area (Å²) in [7, 11) is 1.49. The van der Waals surface area contributed by atoms with Crippen LogP contribution in [0.4, 0.5) is 14.9 Å². The van der Waals surface area contributed by atoms with Gasteiger partial charge in [0.2, 0.25) is 6.79 Å². The van der Waals surface area contributed by atoms with Crippen LogP contribution in [-0.4, -0.2) is 39.1 Å². The van der Waals surface area contributed by atoms with E-state index in [-0.39, 0.29) is 31.1 Å². The van der Waals surface area contributed by atoms with E-state index in [1.54, 1.807) is 31.2 Å². The molecule has 0 aliphatic carbocycles. The van der Waals surface area contributed by atoms with E-state index in [0.29, 0.717) is 22.9 Å². The van der Waals surface area contributed by atoms with Crippen molar-refractivity contribution in [1.29, 1.82) is 0 Å². The van der Waals surface area contributed by atoms with Gasteiger partial charge in [-0.1, -0.05) is 18.2 Å². The average molecular weight is 428 g/mol. The molecule has 9 heteroatoms. The first kappa shape index (κ1) is 20.7. The Hall–Kier alpha value is -3.59. The molecule has 0 aromatic heterocycles. The number of allylic oxidation sites excluding steroid dienone is 1. The van der Waals surface area contributed by atoms with Gasteiger partial charge in [-0.25, -0.2) is 14.0 Å². The number of benzene rings is 2. The lowest BCUT2D eigenvalue weighted by Gasteiger charge is -2.35. The van der Waals surface area contributed by atoms with Crippen molar-refractivity contribution < 1.29 is 32.9 Å². The highest BCUT2D eigenvalue weighted by atomic mass is 19.1. The third-order valence-corrected chi connectivity index (χ3v) is 5.06. The number of hydrogen-bond donors (Lipinski definition) is 1. The molecule has 162 valence electrons. The number of nitrogens with zero attached hydrogens (tertiary/aromatic N) is 1. The van der Waals surface area contributed by atoms with Gasteiger partial charge in [0.15, 0.2) is 11.5 Å². The van der Waals surface area contributed by atoms with Crippen molar-refractivity contribution in [2.24, 2.45) is 0 Å². The van der Waals surface area contributed by atoms with Gasteiger partial charge in [0, 0.05) is 24.4 Å². The number of urea groups is 1. The number of carbonyl (C=O) groups excluding carboxylic acids is 2. The van der Waals surface area contributed by atoms with Crippen molar-refractivity contribution >= 4 is 17.7 Å². The monoisotopic (exact) mass is 428 g/mol. The summed E-state index contributed by atoms with van der Waals surface area (Å²) in [5, 5.41) is 2.73. The first-order chi connectivity index (χ1) is 15.0. The lowest BCUT2D eigenvalue weighted by atomic mass is 9.94. The van der Waals surface area contributed by atoms with E-state index in [4.69, 9.17) is 18.9 Å². The Morgan fingerprint density at radius 1 is 1.19 bits per heavy atom. The van der Waals surface area contributed by atoms with E-state index in [1.807, 2.05) is 0 Å². The maximum atomic E-state index is 14.6. The second kappa shape index (κ2) is 8.65. The maximum absolute atomic E-state index is 14.6. The van der Waals surface area contributed by atoms with E-state index in [2.05, 4.69) is 5.32 Å². The van der Waals surface area contributed by atoms with E-state index < -0.39 is 23.9 Å². The van der Waals surface area contributed by atoms with Gasteiger partial charge in [-0.05, 0) is 25.1 Å². The standard InChI is InChI=1S/C22H21FN2O6/c1-13-19(21(26)29-10-9-28-2)20(15-5-3-4-6-16(15)23)24-22(27)25(13)14-7-8-17-18(11-14)31-12-30-17/h3-8,11,20H,9-10,12H2,1-2H3,(H,24,27). The zero-order valence-electron chi connectivity index (χ0n) is 17.0. The van der Waals surface area contributed by atoms with E-state index >= 15 is 0 Å². The summed E-state index contributed by atoms with van der Waals surface area (Å²) in [4.78, 5) is 27.3. The number of methoxy groups -OCH3 is 1. The quantitative estimate of drug-likeness (QED) is 0.561. The van der Waals surface area contributed by atoms with Crippen LogP contribution >= 0.6 is 0 Å². The second-order valence-electron chi connectivity index (χ2n) is 6.90. The van der Waals surface area contributed by atoms with E-state index in [0.717, 1.165) is 0 Å². The number of esters is 1. The van der Waals surface area contributed by atoms with Crippen LogP contribution in [0.1, 0.15) is 18.5 Å². The Labute approximate surface area is 178 Å². The fourth-order valence-corrected chi connectivity index (χ4v) is 3.58. The molecule has 0 radical (unpaired) electrons. The molecule has 2 aliphatic rings. The van der Waals surface area contributed by atoms with Crippen LogP contribution in [0.15, 0.2) is 53.7 Å². The molecule has 1 N–H and O–H groups in total. The molecule has 4 rings (SSSR count). The highest BCUT2D eigenvalue weighted by Crippen LogP contribution is 2.39. The van der Waals surface area contributed by atoms with Crippen LogP contribution < -0.4 is 19.7 Å². The molecule has 2 aliphatic heterocycles. The van der Waals surface area contributed by atoms with Crippen LogP contribution in [-0.2, 0) is 14.3 Å². The summed E-state index contributed by atoms with van der Waals surface area (Å²) < 4.78 is 35.5. The number of halogens is 1. The molecule has 0 saturated carbocycles. The lowest BCUT2D eigenvalue weighted by Crippen LogP contribution is -2.48. The number of rotatable bonds is 6. The summed E-state index contributed by atoms with van der Waals surface area (Å²) in [6.45, 7) is 1.94. The van der Waals surface area contributed by atoms with Crippen LogP contribution in [0.3, 0.4) is 0 Å². The minimum Gasteiger partial charge on any atom is -0.460 e. The molecular formula is C22H21FN2O6. The van der Waals surface area contributed by atoms with Gasteiger partial charge >= 0.3 is 12.0 Å². The highest BCUT2D eigenvalue weighted by molar-refractivity contribution is 6.03. The van der Waals surface area contributed by atoms with Crippen molar-refractivity contribution in [3.8, 4) is 11.5 Å². The molecule has 2 aromatic carbocycles. The van der Waals surface area contributed by atoms with Crippen molar-refractivity contribution in [3.63, 3.8) is 0 Å². The Bertz CT molecular complexity index is 1050. The zero-order valence-corrected chi connectivity index (χ0v) is 17.0. The van der Waals surface area contributed by atoms with Crippen molar-refractivity contribution in [3.05, 3.63) is 65.1 Å². The fraction of sp³-hybridized carbons (Fsp3) is 0.273. The summed E-state index contributed by atoms with van der Waals surface area (Å²) in [6, 6.07) is 9.44. The van der Waals surface area contributed by atoms with E-state index in [9.17, 15) is 14.0 Å². The predicted octanol–water partition coefficient (Wildman–Crippen LogP) is 3.29. The Morgan fingerprint density at radius 3 is 2.74 bits per heavy atom. The molecule has 31 heavy (non-hydrogen) atoms. The molecular weight excluding hydrogens is 407 g/mol. The van der Waals surface area contributed by atoms with Crippen LogP contribution in [0.25, 0.3) is 0 Å². The maximum Gasteiger partial charge on any atom is 0.338 e. The molecule has 2 heterocycles. The largest absolute Gasteiger partial charge is 0.460 e. The molecule has 2 amide bonds. The highest BCUT2D eigenvalue weighted by Gasteiger charge is 2.38. The summed E-state index contributed by atoms with van der Waals surface area (Å²) >= 11 is 0. The van der Waals surface area contributed by atoms with Gasteiger partial charge in [-0.3, -0.25) is 4.90 Å². The first-order valence-electron chi connectivity index (χ1n) is 9.62.